The molecule has 0 radical (unpaired) electrons. The van der Waals surface area contributed by atoms with E-state index in [1.807, 2.05) is 54.3 Å². The molecule has 7 heteroatoms. The van der Waals surface area contributed by atoms with Crippen LogP contribution < -0.4 is 4.90 Å². The highest BCUT2D eigenvalue weighted by Gasteiger charge is 2.28. The first-order chi connectivity index (χ1) is 17.4. The minimum absolute atomic E-state index is 0.0355. The van der Waals surface area contributed by atoms with Crippen molar-refractivity contribution in [2.45, 2.75) is 39.7 Å². The zero-order chi connectivity index (χ0) is 25.5. The van der Waals surface area contributed by atoms with E-state index >= 15 is 0 Å². The van der Waals surface area contributed by atoms with E-state index in [1.165, 1.54) is 6.26 Å². The van der Waals surface area contributed by atoms with E-state index in [9.17, 15) is 14.4 Å². The van der Waals surface area contributed by atoms with Crippen LogP contribution in [0.3, 0.4) is 0 Å². The number of hydrogen-bond donors (Lipinski definition) is 0. The van der Waals surface area contributed by atoms with Crippen LogP contribution in [0, 0.1) is 12.8 Å². The molecule has 1 saturated heterocycles. The van der Waals surface area contributed by atoms with E-state index in [2.05, 4.69) is 6.07 Å². The smallest absolute Gasteiger partial charge is 0.309 e. The maximum absolute atomic E-state index is 13.2. The predicted octanol–water partition coefficient (Wildman–Crippen LogP) is 4.78. The second kappa shape index (κ2) is 11.7. The molecular weight excluding hydrogens is 456 g/mol. The largest absolute Gasteiger partial charge is 0.466 e. The highest BCUT2D eigenvalue weighted by Crippen LogP contribution is 2.23. The normalized spacial score (nSPS) is 13.9. The predicted molar refractivity (Wildman–Crippen MR) is 136 cm³/mol. The fourth-order valence-corrected chi connectivity index (χ4v) is 4.51. The first kappa shape index (κ1) is 25.2. The van der Waals surface area contributed by atoms with E-state index < -0.39 is 0 Å². The molecule has 1 aromatic heterocycles. The average Bonchev–Trinajstić information content (AvgIpc) is 3.43. The number of benzene rings is 2. The number of esters is 1. The zero-order valence-electron chi connectivity index (χ0n) is 20.8. The van der Waals surface area contributed by atoms with Crippen LogP contribution in [0.25, 0.3) is 0 Å². The Morgan fingerprint density at radius 3 is 2.39 bits per heavy atom. The van der Waals surface area contributed by atoms with Gasteiger partial charge in [-0.3, -0.25) is 14.4 Å². The third-order valence-corrected chi connectivity index (χ3v) is 6.47. The van der Waals surface area contributed by atoms with E-state index in [0.717, 1.165) is 22.4 Å². The number of carbonyl (C=O) groups is 3. The molecule has 0 saturated carbocycles. The van der Waals surface area contributed by atoms with Crippen molar-refractivity contribution in [1.82, 2.24) is 4.90 Å². The SMILES string of the molecule is CCOC(=O)C1CCN(C(=O)Cc2ccc(N(Cc3cccc(C)c3)C(=O)c3ccco3)cc2)CC1. The van der Waals surface area contributed by atoms with Gasteiger partial charge in [-0.2, -0.15) is 0 Å². The van der Waals surface area contributed by atoms with Crippen LogP contribution in [-0.4, -0.2) is 42.4 Å². The van der Waals surface area contributed by atoms with E-state index in [0.29, 0.717) is 39.1 Å². The summed E-state index contributed by atoms with van der Waals surface area (Å²) in [6, 6.07) is 18.9. The van der Waals surface area contributed by atoms with Crippen molar-refractivity contribution in [1.29, 1.82) is 0 Å². The maximum atomic E-state index is 13.2. The second-order valence-corrected chi connectivity index (χ2v) is 9.11. The summed E-state index contributed by atoms with van der Waals surface area (Å²) in [5, 5.41) is 0. The van der Waals surface area contributed by atoms with Crippen LogP contribution in [0.2, 0.25) is 0 Å². The minimum atomic E-state index is -0.227. The Kier molecular flexibility index (Phi) is 8.21. The molecule has 3 aromatic rings. The molecule has 4 rings (SSSR count). The number of piperidine rings is 1. The van der Waals surface area contributed by atoms with Gasteiger partial charge in [0.1, 0.15) is 0 Å². The Bertz CT molecular complexity index is 1180. The van der Waals surface area contributed by atoms with Crippen LogP contribution in [0.1, 0.15) is 47.0 Å². The number of nitrogens with zero attached hydrogens (tertiary/aromatic N) is 2. The van der Waals surface area contributed by atoms with Crippen molar-refractivity contribution < 1.29 is 23.5 Å². The van der Waals surface area contributed by atoms with Crippen molar-refractivity contribution in [2.75, 3.05) is 24.6 Å². The highest BCUT2D eigenvalue weighted by molar-refractivity contribution is 6.04. The minimum Gasteiger partial charge on any atom is -0.466 e. The molecular formula is C29H32N2O5. The van der Waals surface area contributed by atoms with Gasteiger partial charge in [-0.1, -0.05) is 42.0 Å². The lowest BCUT2D eigenvalue weighted by Gasteiger charge is -2.31. The van der Waals surface area contributed by atoms with Gasteiger partial charge in [-0.05, 0) is 62.1 Å². The van der Waals surface area contributed by atoms with Crippen molar-refractivity contribution in [3.05, 3.63) is 89.4 Å². The molecule has 188 valence electrons. The van der Waals surface area contributed by atoms with Gasteiger partial charge in [-0.15, -0.1) is 0 Å². The Labute approximate surface area is 211 Å². The number of likely N-dealkylation sites (tertiary alicyclic amines) is 1. The molecule has 0 atom stereocenters. The van der Waals surface area contributed by atoms with E-state index in [1.54, 1.807) is 24.0 Å². The topological polar surface area (TPSA) is 80.1 Å². The maximum Gasteiger partial charge on any atom is 0.309 e. The molecule has 0 aliphatic carbocycles. The molecule has 1 fully saturated rings. The van der Waals surface area contributed by atoms with Gasteiger partial charge in [0, 0.05) is 18.8 Å². The van der Waals surface area contributed by atoms with Crippen LogP contribution in [-0.2, 0) is 27.3 Å². The van der Waals surface area contributed by atoms with Crippen molar-refractivity contribution in [3.63, 3.8) is 0 Å². The van der Waals surface area contributed by atoms with Gasteiger partial charge in [0.25, 0.3) is 5.91 Å². The molecule has 0 bridgehead atoms. The third-order valence-electron chi connectivity index (χ3n) is 6.47. The number of furan rings is 1. The van der Waals surface area contributed by atoms with Crippen molar-refractivity contribution in [3.8, 4) is 0 Å². The Morgan fingerprint density at radius 1 is 1.00 bits per heavy atom. The lowest BCUT2D eigenvalue weighted by molar-refractivity contribution is -0.151. The molecule has 1 aliphatic heterocycles. The summed E-state index contributed by atoms with van der Waals surface area (Å²) < 4.78 is 10.5. The monoisotopic (exact) mass is 488 g/mol. The summed E-state index contributed by atoms with van der Waals surface area (Å²) >= 11 is 0. The molecule has 0 spiro atoms. The highest BCUT2D eigenvalue weighted by atomic mass is 16.5. The van der Waals surface area contributed by atoms with Crippen molar-refractivity contribution in [2.24, 2.45) is 5.92 Å². The molecule has 0 N–H and O–H groups in total. The third kappa shape index (κ3) is 6.22. The van der Waals surface area contributed by atoms with Crippen molar-refractivity contribution >= 4 is 23.5 Å². The Balaban J connectivity index is 1.42. The lowest BCUT2D eigenvalue weighted by Crippen LogP contribution is -2.41. The molecule has 0 unspecified atom stereocenters. The van der Waals surface area contributed by atoms with Crippen LogP contribution in [0.4, 0.5) is 5.69 Å². The number of ether oxygens (including phenoxy) is 1. The standard InChI is InChI=1S/C29H32N2O5/c1-3-35-29(34)24-13-15-30(16-14-24)27(32)19-22-9-11-25(12-10-22)31(28(33)26-8-5-17-36-26)20-23-7-4-6-21(2)18-23/h4-12,17-18,24H,3,13-16,19-20H2,1-2H3. The number of aryl methyl sites for hydroxylation is 1. The van der Waals surface area contributed by atoms with Crippen LogP contribution >= 0.6 is 0 Å². The first-order valence-electron chi connectivity index (χ1n) is 12.4. The summed E-state index contributed by atoms with van der Waals surface area (Å²) in [6.07, 6.45) is 3.02. The van der Waals surface area contributed by atoms with Crippen LogP contribution in [0.5, 0.6) is 0 Å². The number of hydrogen-bond acceptors (Lipinski definition) is 5. The lowest BCUT2D eigenvalue weighted by atomic mass is 9.96. The van der Waals surface area contributed by atoms with Gasteiger partial charge in [-0.25, -0.2) is 0 Å². The summed E-state index contributed by atoms with van der Waals surface area (Å²) in [6.45, 7) is 5.72. The molecule has 1 aliphatic rings. The Hall–Kier alpha value is -3.87. The number of amides is 2. The van der Waals surface area contributed by atoms with E-state index in [-0.39, 0.29) is 35.9 Å². The van der Waals surface area contributed by atoms with Gasteiger partial charge >= 0.3 is 5.97 Å². The number of anilines is 1. The van der Waals surface area contributed by atoms with Gasteiger partial charge in [0.2, 0.25) is 5.91 Å². The second-order valence-electron chi connectivity index (χ2n) is 9.11. The summed E-state index contributed by atoms with van der Waals surface area (Å²) in [4.78, 5) is 41.5. The first-order valence-corrected chi connectivity index (χ1v) is 12.4. The van der Waals surface area contributed by atoms with Crippen LogP contribution in [0.15, 0.2) is 71.3 Å². The Morgan fingerprint density at radius 2 is 1.75 bits per heavy atom. The summed E-state index contributed by atoms with van der Waals surface area (Å²) in [5.74, 6) is -0.213. The molecule has 2 amide bonds. The zero-order valence-corrected chi connectivity index (χ0v) is 20.8. The molecule has 7 nitrogen and oxygen atoms in total. The van der Waals surface area contributed by atoms with E-state index in [4.69, 9.17) is 9.15 Å². The fourth-order valence-electron chi connectivity index (χ4n) is 4.51. The van der Waals surface area contributed by atoms with Gasteiger partial charge in [0.15, 0.2) is 5.76 Å². The molecule has 2 heterocycles. The number of rotatable bonds is 8. The fraction of sp³-hybridized carbons (Fsp3) is 0.345. The molecule has 2 aromatic carbocycles. The number of carbonyl (C=O) groups excluding carboxylic acids is 3. The quantitative estimate of drug-likeness (QED) is 0.427. The molecule has 36 heavy (non-hydrogen) atoms. The summed E-state index contributed by atoms with van der Waals surface area (Å²) in [7, 11) is 0. The average molecular weight is 489 g/mol. The summed E-state index contributed by atoms with van der Waals surface area (Å²) in [5.41, 5.74) is 3.74. The van der Waals surface area contributed by atoms with Gasteiger partial charge < -0.3 is 19.0 Å². The van der Waals surface area contributed by atoms with Gasteiger partial charge in [0.05, 0.1) is 31.8 Å².